The van der Waals surface area contributed by atoms with Gasteiger partial charge in [-0.25, -0.2) is 0 Å². The molecule has 21 heavy (non-hydrogen) atoms. The highest BCUT2D eigenvalue weighted by Gasteiger charge is 2.22. The second-order valence-electron chi connectivity index (χ2n) is 5.28. The number of aromatic nitrogens is 2. The molecule has 2 aromatic rings. The predicted molar refractivity (Wildman–Crippen MR) is 81.6 cm³/mol. The minimum Gasteiger partial charge on any atom is -0.326 e. The molecule has 5 heteroatoms. The van der Waals surface area contributed by atoms with E-state index in [0.29, 0.717) is 13.0 Å². The number of hydrogen-bond acceptors (Lipinski definition) is 3. The van der Waals surface area contributed by atoms with Crippen LogP contribution in [0.4, 0.5) is 5.69 Å². The predicted octanol–water partition coefficient (Wildman–Crippen LogP) is 1.77. The molecule has 0 saturated heterocycles. The zero-order valence-corrected chi connectivity index (χ0v) is 11.6. The van der Waals surface area contributed by atoms with Crippen molar-refractivity contribution in [2.75, 3.05) is 5.32 Å². The molecule has 2 atom stereocenters. The van der Waals surface area contributed by atoms with E-state index >= 15 is 0 Å². The van der Waals surface area contributed by atoms with E-state index in [1.54, 1.807) is 6.20 Å². The van der Waals surface area contributed by atoms with E-state index in [0.717, 1.165) is 11.3 Å². The van der Waals surface area contributed by atoms with E-state index in [2.05, 4.69) is 10.4 Å². The van der Waals surface area contributed by atoms with Gasteiger partial charge in [-0.05, 0) is 30.2 Å². The smallest absolute Gasteiger partial charge is 0.231 e. The maximum absolute atomic E-state index is 12.2. The van der Waals surface area contributed by atoms with Gasteiger partial charge in [0.15, 0.2) is 0 Å². The SMILES string of the molecule is NC1C=CC(C(=O)Nc2cccc(Cn3cccn3)c2)C1. The summed E-state index contributed by atoms with van der Waals surface area (Å²) in [4.78, 5) is 12.2. The minimum absolute atomic E-state index is 0.00422. The van der Waals surface area contributed by atoms with Crippen LogP contribution in [0.15, 0.2) is 54.9 Å². The molecule has 0 bridgehead atoms. The average molecular weight is 282 g/mol. The molecular formula is C16H18N4O. The molecule has 1 amide bonds. The van der Waals surface area contributed by atoms with Crippen LogP contribution in [-0.2, 0) is 11.3 Å². The van der Waals surface area contributed by atoms with Gasteiger partial charge in [0.1, 0.15) is 0 Å². The van der Waals surface area contributed by atoms with Crippen molar-refractivity contribution < 1.29 is 4.79 Å². The molecule has 0 fully saturated rings. The zero-order valence-electron chi connectivity index (χ0n) is 11.6. The summed E-state index contributed by atoms with van der Waals surface area (Å²) in [6.07, 6.45) is 8.11. The number of amides is 1. The van der Waals surface area contributed by atoms with Gasteiger partial charge < -0.3 is 11.1 Å². The van der Waals surface area contributed by atoms with Crippen molar-refractivity contribution >= 4 is 11.6 Å². The molecule has 0 spiro atoms. The lowest BCUT2D eigenvalue weighted by atomic mass is 10.1. The Morgan fingerprint density at radius 1 is 1.38 bits per heavy atom. The highest BCUT2D eigenvalue weighted by atomic mass is 16.1. The van der Waals surface area contributed by atoms with Crippen molar-refractivity contribution in [3.63, 3.8) is 0 Å². The first-order valence-electron chi connectivity index (χ1n) is 7.02. The minimum atomic E-state index is -0.130. The molecular weight excluding hydrogens is 264 g/mol. The van der Waals surface area contributed by atoms with Crippen LogP contribution in [0.1, 0.15) is 12.0 Å². The van der Waals surface area contributed by atoms with Crippen molar-refractivity contribution in [2.24, 2.45) is 11.7 Å². The molecule has 1 aromatic heterocycles. The Kier molecular flexibility index (Phi) is 3.83. The first-order chi connectivity index (χ1) is 10.2. The summed E-state index contributed by atoms with van der Waals surface area (Å²) in [5.41, 5.74) is 7.68. The maximum Gasteiger partial charge on any atom is 0.231 e. The van der Waals surface area contributed by atoms with Gasteiger partial charge in [-0.2, -0.15) is 5.10 Å². The Hall–Kier alpha value is -2.40. The standard InChI is InChI=1S/C16H18N4O/c17-14-6-5-13(10-14)16(21)19-15-4-1-3-12(9-15)11-20-8-2-7-18-20/h1-9,13-14H,10-11,17H2,(H,19,21). The van der Waals surface area contributed by atoms with Gasteiger partial charge in [-0.3, -0.25) is 9.48 Å². The van der Waals surface area contributed by atoms with Gasteiger partial charge in [-0.15, -0.1) is 0 Å². The van der Waals surface area contributed by atoms with E-state index in [1.165, 1.54) is 0 Å². The van der Waals surface area contributed by atoms with E-state index in [1.807, 2.05) is 53.4 Å². The van der Waals surface area contributed by atoms with Crippen LogP contribution in [0.2, 0.25) is 0 Å². The quantitative estimate of drug-likeness (QED) is 0.839. The number of nitrogens with one attached hydrogen (secondary N) is 1. The third-order valence-electron chi connectivity index (χ3n) is 3.55. The highest BCUT2D eigenvalue weighted by Crippen LogP contribution is 2.19. The van der Waals surface area contributed by atoms with Crippen molar-refractivity contribution in [3.8, 4) is 0 Å². The fourth-order valence-corrected chi connectivity index (χ4v) is 2.49. The number of carbonyl (C=O) groups is 1. The van der Waals surface area contributed by atoms with Crippen LogP contribution in [-0.4, -0.2) is 21.7 Å². The van der Waals surface area contributed by atoms with Crippen LogP contribution >= 0.6 is 0 Å². The van der Waals surface area contributed by atoms with Gasteiger partial charge in [0, 0.05) is 24.1 Å². The molecule has 0 aliphatic heterocycles. The van der Waals surface area contributed by atoms with Crippen LogP contribution in [0.3, 0.4) is 0 Å². The molecule has 3 N–H and O–H groups in total. The lowest BCUT2D eigenvalue weighted by Gasteiger charge is -2.11. The highest BCUT2D eigenvalue weighted by molar-refractivity contribution is 5.94. The van der Waals surface area contributed by atoms with Crippen LogP contribution in [0.25, 0.3) is 0 Å². The van der Waals surface area contributed by atoms with Gasteiger partial charge in [-0.1, -0.05) is 24.3 Å². The molecule has 5 nitrogen and oxygen atoms in total. The summed E-state index contributed by atoms with van der Waals surface area (Å²) in [7, 11) is 0. The molecule has 1 aliphatic rings. The average Bonchev–Trinajstić information content (AvgIpc) is 3.11. The Morgan fingerprint density at radius 3 is 3.00 bits per heavy atom. The largest absolute Gasteiger partial charge is 0.326 e. The summed E-state index contributed by atoms with van der Waals surface area (Å²) in [5, 5.41) is 7.13. The van der Waals surface area contributed by atoms with E-state index < -0.39 is 0 Å². The van der Waals surface area contributed by atoms with Crippen molar-refractivity contribution in [1.82, 2.24) is 9.78 Å². The van der Waals surface area contributed by atoms with Crippen molar-refractivity contribution in [2.45, 2.75) is 19.0 Å². The number of benzene rings is 1. The molecule has 2 unspecified atom stereocenters. The summed E-state index contributed by atoms with van der Waals surface area (Å²) in [5.74, 6) is -0.134. The van der Waals surface area contributed by atoms with E-state index in [4.69, 9.17) is 5.73 Å². The van der Waals surface area contributed by atoms with Gasteiger partial charge in [0.05, 0.1) is 12.5 Å². The fraction of sp³-hybridized carbons (Fsp3) is 0.250. The van der Waals surface area contributed by atoms with Gasteiger partial charge >= 0.3 is 0 Å². The second-order valence-corrected chi connectivity index (χ2v) is 5.28. The Balaban J connectivity index is 1.66. The Labute approximate surface area is 123 Å². The third-order valence-corrected chi connectivity index (χ3v) is 3.55. The van der Waals surface area contributed by atoms with Crippen molar-refractivity contribution in [3.05, 3.63) is 60.4 Å². The third kappa shape index (κ3) is 3.38. The number of rotatable bonds is 4. The zero-order chi connectivity index (χ0) is 14.7. The normalized spacial score (nSPS) is 20.6. The number of nitrogens with zero attached hydrogens (tertiary/aromatic N) is 2. The Morgan fingerprint density at radius 2 is 2.29 bits per heavy atom. The second kappa shape index (κ2) is 5.93. The number of carbonyl (C=O) groups excluding carboxylic acids is 1. The fourth-order valence-electron chi connectivity index (χ4n) is 2.49. The first-order valence-corrected chi connectivity index (χ1v) is 7.02. The maximum atomic E-state index is 12.2. The van der Waals surface area contributed by atoms with Crippen LogP contribution < -0.4 is 11.1 Å². The molecule has 1 aromatic carbocycles. The lowest BCUT2D eigenvalue weighted by molar-refractivity contribution is -0.118. The number of anilines is 1. The summed E-state index contributed by atoms with van der Waals surface area (Å²) in [6, 6.07) is 9.70. The summed E-state index contributed by atoms with van der Waals surface area (Å²) >= 11 is 0. The van der Waals surface area contributed by atoms with Crippen LogP contribution in [0, 0.1) is 5.92 Å². The van der Waals surface area contributed by atoms with Gasteiger partial charge in [0.2, 0.25) is 5.91 Å². The van der Waals surface area contributed by atoms with Crippen LogP contribution in [0.5, 0.6) is 0 Å². The number of nitrogens with two attached hydrogens (primary N) is 1. The van der Waals surface area contributed by atoms with Crippen molar-refractivity contribution in [1.29, 1.82) is 0 Å². The summed E-state index contributed by atoms with van der Waals surface area (Å²) in [6.45, 7) is 0.685. The number of hydrogen-bond donors (Lipinski definition) is 2. The molecule has 108 valence electrons. The molecule has 0 radical (unpaired) electrons. The topological polar surface area (TPSA) is 72.9 Å². The molecule has 0 saturated carbocycles. The molecule has 1 aliphatic carbocycles. The summed E-state index contributed by atoms with van der Waals surface area (Å²) < 4.78 is 1.85. The van der Waals surface area contributed by atoms with E-state index in [9.17, 15) is 4.79 Å². The Bertz CT molecular complexity index is 648. The lowest BCUT2D eigenvalue weighted by Crippen LogP contribution is -2.24. The van der Waals surface area contributed by atoms with E-state index in [-0.39, 0.29) is 17.9 Å². The first kappa shape index (κ1) is 13.6. The van der Waals surface area contributed by atoms with Gasteiger partial charge in [0.25, 0.3) is 0 Å². The molecule has 3 rings (SSSR count). The molecule has 1 heterocycles. The monoisotopic (exact) mass is 282 g/mol.